The van der Waals surface area contributed by atoms with Crippen molar-refractivity contribution >= 4 is 17.5 Å². The first-order valence-electron chi connectivity index (χ1n) is 6.15. The van der Waals surface area contributed by atoms with Gasteiger partial charge < -0.3 is 10.1 Å². The minimum absolute atomic E-state index is 0.317. The molecule has 0 saturated heterocycles. The maximum atomic E-state index is 12.0. The van der Waals surface area contributed by atoms with Crippen LogP contribution in [-0.2, 0) is 4.74 Å². The first kappa shape index (κ1) is 14.4. The monoisotopic (exact) mass is 250 g/mol. The molecule has 0 spiro atoms. The van der Waals surface area contributed by atoms with E-state index >= 15 is 0 Å². The summed E-state index contributed by atoms with van der Waals surface area (Å²) in [6.07, 6.45) is -0.317. The lowest BCUT2D eigenvalue weighted by Gasteiger charge is -2.26. The van der Waals surface area contributed by atoms with Crippen LogP contribution in [0.5, 0.6) is 0 Å². The van der Waals surface area contributed by atoms with Gasteiger partial charge in [0.25, 0.3) is 0 Å². The molecule has 0 bridgehead atoms. The van der Waals surface area contributed by atoms with Gasteiger partial charge >= 0.3 is 6.09 Å². The molecule has 0 aliphatic carbocycles. The van der Waals surface area contributed by atoms with Crippen molar-refractivity contribution in [2.75, 3.05) is 23.8 Å². The Morgan fingerprint density at radius 1 is 1.28 bits per heavy atom. The molecule has 0 saturated carbocycles. The van der Waals surface area contributed by atoms with Gasteiger partial charge in [0.05, 0.1) is 0 Å². The van der Waals surface area contributed by atoms with Crippen molar-refractivity contribution in [1.82, 2.24) is 0 Å². The fraction of sp³-hybridized carbons (Fsp3) is 0.500. The minimum Gasteiger partial charge on any atom is -0.443 e. The van der Waals surface area contributed by atoms with E-state index < -0.39 is 5.60 Å². The zero-order valence-corrected chi connectivity index (χ0v) is 11.8. The zero-order chi connectivity index (χ0) is 13.8. The van der Waals surface area contributed by atoms with Crippen molar-refractivity contribution < 1.29 is 9.53 Å². The van der Waals surface area contributed by atoms with E-state index in [1.165, 1.54) is 0 Å². The molecule has 4 heteroatoms. The van der Waals surface area contributed by atoms with Crippen molar-refractivity contribution in [3.63, 3.8) is 0 Å². The molecule has 0 aromatic heterocycles. The number of nitrogens with zero attached hydrogens (tertiary/aromatic N) is 1. The van der Waals surface area contributed by atoms with E-state index in [-0.39, 0.29) is 6.09 Å². The molecule has 0 unspecified atom stereocenters. The second-order valence-electron chi connectivity index (χ2n) is 5.02. The highest BCUT2D eigenvalue weighted by Crippen LogP contribution is 2.20. The summed E-state index contributed by atoms with van der Waals surface area (Å²) >= 11 is 0. The van der Waals surface area contributed by atoms with Gasteiger partial charge in [-0.15, -0.1) is 0 Å². The number of carbonyl (C=O) groups is 1. The number of hydrogen-bond acceptors (Lipinski definition) is 3. The molecule has 4 nitrogen and oxygen atoms in total. The standard InChI is InChI=1S/C14H22N2O2/c1-6-16(13(17)18-14(2,3)4)12-9-7-11(15-5)8-10-12/h7-10,15H,6H2,1-5H3. The third-order valence-corrected chi connectivity index (χ3v) is 2.40. The normalized spacial score (nSPS) is 10.9. The number of carbonyl (C=O) groups excluding carboxylic acids is 1. The van der Waals surface area contributed by atoms with Crippen LogP contribution < -0.4 is 10.2 Å². The topological polar surface area (TPSA) is 41.6 Å². The number of anilines is 2. The van der Waals surface area contributed by atoms with Crippen molar-refractivity contribution in [3.05, 3.63) is 24.3 Å². The number of hydrogen-bond donors (Lipinski definition) is 1. The average Bonchev–Trinajstić information content (AvgIpc) is 2.28. The van der Waals surface area contributed by atoms with Gasteiger partial charge in [-0.05, 0) is 52.0 Å². The molecule has 0 radical (unpaired) electrons. The molecule has 0 heterocycles. The Morgan fingerprint density at radius 2 is 1.83 bits per heavy atom. The highest BCUT2D eigenvalue weighted by Gasteiger charge is 2.22. The maximum Gasteiger partial charge on any atom is 0.414 e. The first-order valence-corrected chi connectivity index (χ1v) is 6.15. The average molecular weight is 250 g/mol. The van der Waals surface area contributed by atoms with E-state index in [1.807, 2.05) is 59.0 Å². The summed E-state index contributed by atoms with van der Waals surface area (Å²) in [5, 5.41) is 3.04. The SMILES string of the molecule is CCN(C(=O)OC(C)(C)C)c1ccc(NC)cc1. The molecule has 0 aliphatic rings. The van der Waals surface area contributed by atoms with Gasteiger partial charge in [-0.2, -0.15) is 0 Å². The molecule has 18 heavy (non-hydrogen) atoms. The predicted molar refractivity (Wildman–Crippen MR) is 75.2 cm³/mol. The molecular formula is C14H22N2O2. The molecule has 1 rings (SSSR count). The Kier molecular flexibility index (Phi) is 4.59. The van der Waals surface area contributed by atoms with Crippen LogP contribution >= 0.6 is 0 Å². The highest BCUT2D eigenvalue weighted by molar-refractivity contribution is 5.88. The van der Waals surface area contributed by atoms with Gasteiger partial charge in [-0.3, -0.25) is 4.90 Å². The molecule has 100 valence electrons. The smallest absolute Gasteiger partial charge is 0.414 e. The van der Waals surface area contributed by atoms with Crippen LogP contribution in [0.2, 0.25) is 0 Å². The number of ether oxygens (including phenoxy) is 1. The van der Waals surface area contributed by atoms with Crippen molar-refractivity contribution in [1.29, 1.82) is 0 Å². The van der Waals surface area contributed by atoms with Crippen molar-refractivity contribution in [3.8, 4) is 0 Å². The first-order chi connectivity index (χ1) is 8.37. The second-order valence-corrected chi connectivity index (χ2v) is 5.02. The van der Waals surface area contributed by atoms with Crippen molar-refractivity contribution in [2.24, 2.45) is 0 Å². The quantitative estimate of drug-likeness (QED) is 0.892. The number of benzene rings is 1. The summed E-state index contributed by atoms with van der Waals surface area (Å²) in [4.78, 5) is 13.6. The molecular weight excluding hydrogens is 228 g/mol. The Bertz CT molecular complexity index is 393. The van der Waals surface area contributed by atoms with Crippen molar-refractivity contribution in [2.45, 2.75) is 33.3 Å². The fourth-order valence-corrected chi connectivity index (χ4v) is 1.54. The summed E-state index contributed by atoms with van der Waals surface area (Å²) in [6, 6.07) is 7.67. The third kappa shape index (κ3) is 3.95. The van der Waals surface area contributed by atoms with E-state index in [1.54, 1.807) is 4.90 Å². The van der Waals surface area contributed by atoms with Crippen LogP contribution in [0.15, 0.2) is 24.3 Å². The summed E-state index contributed by atoms with van der Waals surface area (Å²) in [5.74, 6) is 0. The molecule has 1 amide bonds. The predicted octanol–water partition coefficient (Wildman–Crippen LogP) is 3.49. The highest BCUT2D eigenvalue weighted by atomic mass is 16.6. The van der Waals surface area contributed by atoms with Crippen LogP contribution in [0, 0.1) is 0 Å². The van der Waals surface area contributed by atoms with Gasteiger partial charge in [0, 0.05) is 25.0 Å². The van der Waals surface area contributed by atoms with Gasteiger partial charge in [0.2, 0.25) is 0 Å². The molecule has 0 fully saturated rings. The van der Waals surface area contributed by atoms with Crippen LogP contribution in [0.25, 0.3) is 0 Å². The zero-order valence-electron chi connectivity index (χ0n) is 11.8. The van der Waals surface area contributed by atoms with Crippen LogP contribution in [0.3, 0.4) is 0 Å². The van der Waals surface area contributed by atoms with Crippen LogP contribution in [0.4, 0.5) is 16.2 Å². The van der Waals surface area contributed by atoms with E-state index in [0.29, 0.717) is 6.54 Å². The van der Waals surface area contributed by atoms with Gasteiger partial charge in [-0.1, -0.05) is 0 Å². The molecule has 1 aromatic rings. The largest absolute Gasteiger partial charge is 0.443 e. The number of nitrogens with one attached hydrogen (secondary N) is 1. The lowest BCUT2D eigenvalue weighted by Crippen LogP contribution is -2.36. The Morgan fingerprint density at radius 3 is 2.22 bits per heavy atom. The third-order valence-electron chi connectivity index (χ3n) is 2.40. The summed E-state index contributed by atoms with van der Waals surface area (Å²) in [6.45, 7) is 8.10. The fourth-order valence-electron chi connectivity index (χ4n) is 1.54. The Labute approximate surface area is 109 Å². The summed E-state index contributed by atoms with van der Waals surface area (Å²) in [5.41, 5.74) is 1.37. The molecule has 0 aliphatic heterocycles. The lowest BCUT2D eigenvalue weighted by atomic mass is 10.2. The number of rotatable bonds is 3. The van der Waals surface area contributed by atoms with E-state index in [4.69, 9.17) is 4.74 Å². The molecule has 1 N–H and O–H groups in total. The number of amides is 1. The van der Waals surface area contributed by atoms with Gasteiger partial charge in [0.1, 0.15) is 5.60 Å². The minimum atomic E-state index is -0.477. The van der Waals surface area contributed by atoms with Crippen LogP contribution in [-0.4, -0.2) is 25.3 Å². The second kappa shape index (κ2) is 5.76. The van der Waals surface area contributed by atoms with E-state index in [0.717, 1.165) is 11.4 Å². The maximum absolute atomic E-state index is 12.0. The summed E-state index contributed by atoms with van der Waals surface area (Å²) < 4.78 is 5.37. The van der Waals surface area contributed by atoms with E-state index in [9.17, 15) is 4.79 Å². The lowest BCUT2D eigenvalue weighted by molar-refractivity contribution is 0.0582. The Balaban J connectivity index is 2.85. The Hall–Kier alpha value is -1.71. The van der Waals surface area contributed by atoms with Gasteiger partial charge in [0.15, 0.2) is 0 Å². The van der Waals surface area contributed by atoms with Crippen LogP contribution in [0.1, 0.15) is 27.7 Å². The molecule has 0 atom stereocenters. The van der Waals surface area contributed by atoms with E-state index in [2.05, 4.69) is 5.32 Å². The van der Waals surface area contributed by atoms with Gasteiger partial charge in [-0.25, -0.2) is 4.79 Å². The summed E-state index contributed by atoms with van der Waals surface area (Å²) in [7, 11) is 1.86. The molecule has 1 aromatic carbocycles.